The van der Waals surface area contributed by atoms with Crippen molar-refractivity contribution in [3.8, 4) is 0 Å². The second-order valence-electron chi connectivity index (χ2n) is 5.48. The second-order valence-corrected chi connectivity index (χ2v) is 5.75. The number of nitro groups is 1. The maximum Gasteiger partial charge on any atom is 0.292 e. The highest BCUT2D eigenvalue weighted by molar-refractivity contribution is 6.17. The quantitative estimate of drug-likeness (QED) is 0.489. The average Bonchev–Trinajstić information content (AvgIpc) is 2.43. The minimum absolute atomic E-state index is 0.145. The first kappa shape index (κ1) is 15.1. The van der Waals surface area contributed by atoms with Gasteiger partial charge in [-0.05, 0) is 32.5 Å². The third-order valence-corrected chi connectivity index (χ3v) is 4.40. The lowest BCUT2D eigenvalue weighted by atomic mass is 10.1. The van der Waals surface area contributed by atoms with Crippen LogP contribution in [-0.4, -0.2) is 42.0 Å². The number of hydrogen-bond acceptors (Lipinski definition) is 4. The van der Waals surface area contributed by atoms with E-state index in [-0.39, 0.29) is 16.5 Å². The first-order chi connectivity index (χ1) is 9.43. The number of anilines is 1. The summed E-state index contributed by atoms with van der Waals surface area (Å²) in [5.74, 6) is 0.288. The van der Waals surface area contributed by atoms with Crippen LogP contribution in [-0.2, 0) is 5.88 Å². The summed E-state index contributed by atoms with van der Waals surface area (Å²) in [6, 6.07) is 6.00. The van der Waals surface area contributed by atoms with E-state index in [0.29, 0.717) is 17.8 Å². The minimum atomic E-state index is -0.320. The van der Waals surface area contributed by atoms with E-state index >= 15 is 0 Å². The second kappa shape index (κ2) is 5.97. The summed E-state index contributed by atoms with van der Waals surface area (Å²) in [5, 5.41) is 11.3. The van der Waals surface area contributed by atoms with Crippen LogP contribution in [0.5, 0.6) is 0 Å². The van der Waals surface area contributed by atoms with Crippen molar-refractivity contribution in [1.29, 1.82) is 0 Å². The summed E-state index contributed by atoms with van der Waals surface area (Å²) >= 11 is 5.76. The molecule has 0 radical (unpaired) electrons. The molecule has 1 aliphatic rings. The number of halogens is 1. The van der Waals surface area contributed by atoms with E-state index in [2.05, 4.69) is 30.7 Å². The maximum atomic E-state index is 11.3. The molecule has 20 heavy (non-hydrogen) atoms. The minimum Gasteiger partial charge on any atom is -0.363 e. The van der Waals surface area contributed by atoms with Crippen molar-refractivity contribution in [3.63, 3.8) is 0 Å². The van der Waals surface area contributed by atoms with Crippen LogP contribution in [0, 0.1) is 10.1 Å². The third kappa shape index (κ3) is 2.88. The van der Waals surface area contributed by atoms with E-state index in [1.54, 1.807) is 6.07 Å². The zero-order valence-corrected chi connectivity index (χ0v) is 12.8. The smallest absolute Gasteiger partial charge is 0.292 e. The Kier molecular flexibility index (Phi) is 4.50. The highest BCUT2D eigenvalue weighted by Crippen LogP contribution is 2.32. The molecule has 1 heterocycles. The SMILES string of the molecule is CC1CN(c2ccc(CCl)cc2[N+](=O)[O-])CC(C)N1C. The lowest BCUT2D eigenvalue weighted by molar-refractivity contribution is -0.384. The topological polar surface area (TPSA) is 49.6 Å². The van der Waals surface area contributed by atoms with Crippen LogP contribution in [0.25, 0.3) is 0 Å². The number of nitro benzene ring substituents is 1. The Bertz CT molecular complexity index is 497. The Balaban J connectivity index is 2.35. The van der Waals surface area contributed by atoms with Crippen LogP contribution in [0.2, 0.25) is 0 Å². The van der Waals surface area contributed by atoms with Crippen molar-refractivity contribution in [1.82, 2.24) is 4.90 Å². The van der Waals surface area contributed by atoms with Gasteiger partial charge < -0.3 is 4.90 Å². The summed E-state index contributed by atoms with van der Waals surface area (Å²) in [7, 11) is 2.09. The van der Waals surface area contributed by atoms with E-state index in [4.69, 9.17) is 11.6 Å². The van der Waals surface area contributed by atoms with Crippen molar-refractivity contribution >= 4 is 23.0 Å². The van der Waals surface area contributed by atoms with Gasteiger partial charge in [0, 0.05) is 37.1 Å². The summed E-state index contributed by atoms with van der Waals surface area (Å²) in [6.07, 6.45) is 0. The molecule has 0 aromatic heterocycles. The molecule has 0 bridgehead atoms. The van der Waals surface area contributed by atoms with Crippen LogP contribution in [0.4, 0.5) is 11.4 Å². The normalized spacial score (nSPS) is 23.9. The molecule has 6 heteroatoms. The van der Waals surface area contributed by atoms with Gasteiger partial charge in [0.25, 0.3) is 5.69 Å². The number of piperazine rings is 1. The molecule has 1 aromatic carbocycles. The zero-order valence-electron chi connectivity index (χ0n) is 12.0. The first-order valence-electron chi connectivity index (χ1n) is 6.74. The Labute approximate surface area is 124 Å². The van der Waals surface area contributed by atoms with Crippen molar-refractivity contribution in [3.05, 3.63) is 33.9 Å². The predicted molar refractivity (Wildman–Crippen MR) is 81.6 cm³/mol. The summed E-state index contributed by atoms with van der Waals surface area (Å²) in [5.41, 5.74) is 1.61. The fraction of sp³-hybridized carbons (Fsp3) is 0.571. The van der Waals surface area contributed by atoms with Crippen molar-refractivity contribution in [2.75, 3.05) is 25.0 Å². The molecule has 2 atom stereocenters. The van der Waals surface area contributed by atoms with Gasteiger partial charge in [0.2, 0.25) is 0 Å². The lowest BCUT2D eigenvalue weighted by Gasteiger charge is -2.43. The molecule has 0 amide bonds. The monoisotopic (exact) mass is 297 g/mol. The Morgan fingerprint density at radius 2 is 1.95 bits per heavy atom. The fourth-order valence-electron chi connectivity index (χ4n) is 2.67. The average molecular weight is 298 g/mol. The van der Waals surface area contributed by atoms with E-state index < -0.39 is 0 Å². The largest absolute Gasteiger partial charge is 0.363 e. The van der Waals surface area contributed by atoms with Gasteiger partial charge >= 0.3 is 0 Å². The number of hydrogen-bond donors (Lipinski definition) is 0. The molecule has 5 nitrogen and oxygen atoms in total. The molecule has 1 fully saturated rings. The molecule has 1 saturated heterocycles. The van der Waals surface area contributed by atoms with E-state index in [1.807, 2.05) is 12.1 Å². The molecule has 0 aliphatic carbocycles. The van der Waals surface area contributed by atoms with E-state index in [9.17, 15) is 10.1 Å². The Morgan fingerprint density at radius 3 is 2.45 bits per heavy atom. The molecular weight excluding hydrogens is 278 g/mol. The Morgan fingerprint density at radius 1 is 1.35 bits per heavy atom. The highest BCUT2D eigenvalue weighted by Gasteiger charge is 2.30. The van der Waals surface area contributed by atoms with Gasteiger partial charge in [-0.25, -0.2) is 0 Å². The summed E-state index contributed by atoms with van der Waals surface area (Å²) < 4.78 is 0. The van der Waals surface area contributed by atoms with Gasteiger partial charge in [0.15, 0.2) is 0 Å². The van der Waals surface area contributed by atoms with Gasteiger partial charge in [-0.3, -0.25) is 15.0 Å². The van der Waals surface area contributed by atoms with Crippen LogP contribution in [0.1, 0.15) is 19.4 Å². The number of benzene rings is 1. The van der Waals surface area contributed by atoms with Gasteiger partial charge in [-0.2, -0.15) is 0 Å². The third-order valence-electron chi connectivity index (χ3n) is 4.09. The van der Waals surface area contributed by atoms with Gasteiger partial charge in [-0.1, -0.05) is 6.07 Å². The number of nitrogens with zero attached hydrogens (tertiary/aromatic N) is 3. The molecule has 2 unspecified atom stereocenters. The molecular formula is C14H20ClN3O2. The van der Waals surface area contributed by atoms with Crippen molar-refractivity contribution in [2.24, 2.45) is 0 Å². The molecule has 0 saturated carbocycles. The molecule has 2 rings (SSSR count). The molecule has 0 N–H and O–H groups in total. The van der Waals surface area contributed by atoms with Crippen molar-refractivity contribution in [2.45, 2.75) is 31.8 Å². The molecule has 0 spiro atoms. The van der Waals surface area contributed by atoms with E-state index in [0.717, 1.165) is 18.7 Å². The number of rotatable bonds is 3. The predicted octanol–water partition coefficient (Wildman–Crippen LogP) is 2.86. The van der Waals surface area contributed by atoms with Crippen LogP contribution in [0.3, 0.4) is 0 Å². The molecule has 110 valence electrons. The van der Waals surface area contributed by atoms with Gasteiger partial charge in [0.1, 0.15) is 5.69 Å². The van der Waals surface area contributed by atoms with Gasteiger partial charge in [-0.15, -0.1) is 11.6 Å². The fourth-order valence-corrected chi connectivity index (χ4v) is 2.83. The van der Waals surface area contributed by atoms with Gasteiger partial charge in [0.05, 0.1) is 4.92 Å². The maximum absolute atomic E-state index is 11.3. The number of alkyl halides is 1. The zero-order chi connectivity index (χ0) is 14.9. The number of likely N-dealkylation sites (N-methyl/N-ethyl adjacent to an activating group) is 1. The summed E-state index contributed by atoms with van der Waals surface area (Å²) in [6.45, 7) is 5.87. The van der Waals surface area contributed by atoms with Crippen molar-refractivity contribution < 1.29 is 4.92 Å². The van der Waals surface area contributed by atoms with Crippen LogP contribution in [0.15, 0.2) is 18.2 Å². The van der Waals surface area contributed by atoms with Crippen LogP contribution >= 0.6 is 11.6 Å². The molecule has 1 aromatic rings. The summed E-state index contributed by atoms with van der Waals surface area (Å²) in [4.78, 5) is 15.4. The first-order valence-corrected chi connectivity index (χ1v) is 7.27. The molecule has 1 aliphatic heterocycles. The lowest BCUT2D eigenvalue weighted by Crippen LogP contribution is -2.55. The van der Waals surface area contributed by atoms with Crippen LogP contribution < -0.4 is 4.90 Å². The Hall–Kier alpha value is -1.33. The van der Waals surface area contributed by atoms with E-state index in [1.165, 1.54) is 0 Å². The highest BCUT2D eigenvalue weighted by atomic mass is 35.5. The standard InChI is InChI=1S/C14H20ClN3O2/c1-10-8-17(9-11(2)16(10)3)13-5-4-12(7-15)6-14(13)18(19)20/h4-6,10-11H,7-9H2,1-3H3.